The van der Waals surface area contributed by atoms with Crippen molar-refractivity contribution < 1.29 is 23.6 Å². The quantitative estimate of drug-likeness (QED) is 0.391. The zero-order valence-corrected chi connectivity index (χ0v) is 22.8. The van der Waals surface area contributed by atoms with Gasteiger partial charge >= 0.3 is 0 Å². The van der Waals surface area contributed by atoms with Gasteiger partial charge in [-0.1, -0.05) is 42.4 Å². The van der Waals surface area contributed by atoms with Crippen molar-refractivity contribution in [2.45, 2.75) is 65.5 Å². The summed E-state index contributed by atoms with van der Waals surface area (Å²) in [6.45, 7) is 9.37. The van der Waals surface area contributed by atoms with E-state index in [0.717, 1.165) is 5.56 Å². The van der Waals surface area contributed by atoms with Gasteiger partial charge < -0.3 is 19.9 Å². The molecule has 9 nitrogen and oxygen atoms in total. The number of amides is 3. The molecule has 1 aromatic heterocycles. The number of rotatable bonds is 10. The Morgan fingerprint density at radius 2 is 1.74 bits per heavy atom. The van der Waals surface area contributed by atoms with E-state index < -0.39 is 11.6 Å². The first kappa shape index (κ1) is 28.4. The summed E-state index contributed by atoms with van der Waals surface area (Å²) in [6, 6.07) is 15.2. The highest BCUT2D eigenvalue weighted by molar-refractivity contribution is 6.03. The first-order chi connectivity index (χ1) is 18.0. The standard InChI is InChI=1S/C29H36N4O5/c1-7-20-10-8-9-11-23(20)33(26(35)17-16-25(34)30-24-18-19(2)38-32-24)27(28(36)31-29(3,4)5)21-12-14-22(37-6)15-13-21/h8-15,18,27H,7,16-17H2,1-6H3,(H,31,36)(H,30,32,34). The first-order valence-corrected chi connectivity index (χ1v) is 12.6. The van der Waals surface area contributed by atoms with Gasteiger partial charge in [0.25, 0.3) is 0 Å². The normalized spacial score (nSPS) is 11.9. The molecule has 0 fully saturated rings. The highest BCUT2D eigenvalue weighted by Gasteiger charge is 2.35. The minimum absolute atomic E-state index is 0.0915. The maximum Gasteiger partial charge on any atom is 0.248 e. The first-order valence-electron chi connectivity index (χ1n) is 12.6. The molecule has 0 spiro atoms. The van der Waals surface area contributed by atoms with Crippen LogP contribution in [0, 0.1) is 6.92 Å². The molecule has 202 valence electrons. The molecule has 3 aromatic rings. The Morgan fingerprint density at radius 3 is 2.32 bits per heavy atom. The number of anilines is 2. The van der Waals surface area contributed by atoms with Crippen molar-refractivity contribution in [3.05, 3.63) is 71.5 Å². The molecule has 38 heavy (non-hydrogen) atoms. The Hall–Kier alpha value is -4.14. The molecule has 3 amide bonds. The number of ether oxygens (including phenoxy) is 1. The van der Waals surface area contributed by atoms with Crippen LogP contribution in [-0.2, 0) is 20.8 Å². The van der Waals surface area contributed by atoms with Crippen molar-refractivity contribution in [1.29, 1.82) is 0 Å². The molecule has 2 N–H and O–H groups in total. The molecule has 9 heteroatoms. The lowest BCUT2D eigenvalue weighted by Gasteiger charge is -2.35. The summed E-state index contributed by atoms with van der Waals surface area (Å²) in [5, 5.41) is 9.43. The number of hydrogen-bond acceptors (Lipinski definition) is 6. The van der Waals surface area contributed by atoms with E-state index in [-0.39, 0.29) is 36.4 Å². The van der Waals surface area contributed by atoms with Gasteiger partial charge in [0.1, 0.15) is 17.6 Å². The van der Waals surface area contributed by atoms with Crippen molar-refractivity contribution in [1.82, 2.24) is 10.5 Å². The number of nitrogens with one attached hydrogen (secondary N) is 2. The van der Waals surface area contributed by atoms with Crippen LogP contribution in [0.5, 0.6) is 5.75 Å². The lowest BCUT2D eigenvalue weighted by molar-refractivity contribution is -0.128. The van der Waals surface area contributed by atoms with Crippen molar-refractivity contribution in [2.75, 3.05) is 17.3 Å². The number of carbonyl (C=O) groups is 3. The Morgan fingerprint density at radius 1 is 1.05 bits per heavy atom. The maximum atomic E-state index is 13.9. The van der Waals surface area contributed by atoms with E-state index in [1.165, 1.54) is 4.90 Å². The molecule has 1 heterocycles. The van der Waals surface area contributed by atoms with Crippen LogP contribution in [0.2, 0.25) is 0 Å². The summed E-state index contributed by atoms with van der Waals surface area (Å²) < 4.78 is 10.3. The van der Waals surface area contributed by atoms with Gasteiger partial charge in [0, 0.05) is 30.1 Å². The second-order valence-corrected chi connectivity index (χ2v) is 10.0. The number of para-hydroxylation sites is 1. The van der Waals surface area contributed by atoms with Crippen LogP contribution in [0.4, 0.5) is 11.5 Å². The second kappa shape index (κ2) is 12.4. The molecular weight excluding hydrogens is 484 g/mol. The van der Waals surface area contributed by atoms with Crippen molar-refractivity contribution >= 4 is 29.2 Å². The maximum absolute atomic E-state index is 13.9. The van der Waals surface area contributed by atoms with Crippen molar-refractivity contribution in [3.8, 4) is 5.75 Å². The van der Waals surface area contributed by atoms with E-state index in [1.807, 2.05) is 52.0 Å². The van der Waals surface area contributed by atoms with E-state index in [0.29, 0.717) is 29.2 Å². The number of hydrogen-bond donors (Lipinski definition) is 2. The third-order valence-corrected chi connectivity index (χ3v) is 5.80. The number of benzene rings is 2. The molecule has 2 aromatic carbocycles. The van der Waals surface area contributed by atoms with E-state index in [1.54, 1.807) is 44.4 Å². The van der Waals surface area contributed by atoms with Crippen LogP contribution >= 0.6 is 0 Å². The van der Waals surface area contributed by atoms with Crippen LogP contribution in [-0.4, -0.2) is 35.5 Å². The van der Waals surface area contributed by atoms with Crippen molar-refractivity contribution in [2.24, 2.45) is 0 Å². The Bertz CT molecular complexity index is 1260. The van der Waals surface area contributed by atoms with Crippen LogP contribution < -0.4 is 20.3 Å². The lowest BCUT2D eigenvalue weighted by atomic mass is 9.98. The fourth-order valence-electron chi connectivity index (χ4n) is 4.08. The molecule has 0 aliphatic rings. The van der Waals surface area contributed by atoms with Gasteiger partial charge in [-0.05, 0) is 63.4 Å². The third kappa shape index (κ3) is 7.44. The monoisotopic (exact) mass is 520 g/mol. The molecule has 0 aliphatic heterocycles. The number of aromatic nitrogens is 1. The number of aryl methyl sites for hydroxylation is 2. The van der Waals surface area contributed by atoms with Gasteiger partial charge in [-0.2, -0.15) is 0 Å². The largest absolute Gasteiger partial charge is 0.497 e. The van der Waals surface area contributed by atoms with Gasteiger partial charge in [0.2, 0.25) is 17.7 Å². The van der Waals surface area contributed by atoms with E-state index in [4.69, 9.17) is 9.26 Å². The van der Waals surface area contributed by atoms with Gasteiger partial charge in [0.15, 0.2) is 5.82 Å². The van der Waals surface area contributed by atoms with Crippen molar-refractivity contribution in [3.63, 3.8) is 0 Å². The molecule has 1 unspecified atom stereocenters. The predicted octanol–water partition coefficient (Wildman–Crippen LogP) is 4.96. The number of nitrogens with zero attached hydrogens (tertiary/aromatic N) is 2. The molecule has 0 aliphatic carbocycles. The fraction of sp³-hybridized carbons (Fsp3) is 0.379. The Kier molecular flexibility index (Phi) is 9.28. The molecule has 3 rings (SSSR count). The summed E-state index contributed by atoms with van der Waals surface area (Å²) in [7, 11) is 1.57. The van der Waals surface area contributed by atoms with Crippen LogP contribution in [0.15, 0.2) is 59.1 Å². The molecule has 0 saturated carbocycles. The Balaban J connectivity index is 2.00. The zero-order valence-electron chi connectivity index (χ0n) is 22.8. The Labute approximate surface area is 223 Å². The van der Waals surface area contributed by atoms with Gasteiger partial charge in [-0.3, -0.25) is 19.3 Å². The number of carbonyl (C=O) groups excluding carboxylic acids is 3. The topological polar surface area (TPSA) is 114 Å². The summed E-state index contributed by atoms with van der Waals surface area (Å²) in [6.07, 6.45) is 0.449. The molecular formula is C29H36N4O5. The molecule has 1 atom stereocenters. The molecule has 0 saturated heterocycles. The summed E-state index contributed by atoms with van der Waals surface area (Å²) in [4.78, 5) is 41.8. The zero-order chi connectivity index (χ0) is 27.9. The van der Waals surface area contributed by atoms with Crippen LogP contribution in [0.3, 0.4) is 0 Å². The van der Waals surface area contributed by atoms with Crippen LogP contribution in [0.25, 0.3) is 0 Å². The van der Waals surface area contributed by atoms with E-state index in [2.05, 4.69) is 15.8 Å². The van der Waals surface area contributed by atoms with Gasteiger partial charge in [0.05, 0.1) is 7.11 Å². The summed E-state index contributed by atoms with van der Waals surface area (Å²) in [5.74, 6) is 0.414. The SMILES string of the molecule is CCc1ccccc1N(C(=O)CCC(=O)Nc1cc(C)on1)C(C(=O)NC(C)(C)C)c1ccc(OC)cc1. The average Bonchev–Trinajstić information content (AvgIpc) is 3.29. The van der Waals surface area contributed by atoms with E-state index in [9.17, 15) is 14.4 Å². The van der Waals surface area contributed by atoms with Gasteiger partial charge in [-0.15, -0.1) is 0 Å². The summed E-state index contributed by atoms with van der Waals surface area (Å²) >= 11 is 0. The highest BCUT2D eigenvalue weighted by atomic mass is 16.5. The second-order valence-electron chi connectivity index (χ2n) is 10.0. The third-order valence-electron chi connectivity index (χ3n) is 5.80. The predicted molar refractivity (Wildman–Crippen MR) is 146 cm³/mol. The highest BCUT2D eigenvalue weighted by Crippen LogP contribution is 2.33. The molecule has 0 bridgehead atoms. The number of methoxy groups -OCH3 is 1. The van der Waals surface area contributed by atoms with E-state index >= 15 is 0 Å². The minimum Gasteiger partial charge on any atom is -0.497 e. The fourth-order valence-corrected chi connectivity index (χ4v) is 4.08. The minimum atomic E-state index is -0.971. The average molecular weight is 521 g/mol. The lowest BCUT2D eigenvalue weighted by Crippen LogP contribution is -2.49. The smallest absolute Gasteiger partial charge is 0.248 e. The van der Waals surface area contributed by atoms with Crippen LogP contribution in [0.1, 0.15) is 63.5 Å². The van der Waals surface area contributed by atoms with Gasteiger partial charge in [-0.25, -0.2) is 0 Å². The summed E-state index contributed by atoms with van der Waals surface area (Å²) in [5.41, 5.74) is 1.62. The molecule has 0 radical (unpaired) electrons.